The Morgan fingerprint density at radius 1 is 1.11 bits per heavy atom. The molecule has 1 saturated heterocycles. The van der Waals surface area contributed by atoms with Crippen LogP contribution in [0.15, 0.2) is 24.3 Å². The van der Waals surface area contributed by atoms with Crippen LogP contribution < -0.4 is 5.32 Å². The maximum Gasteiger partial charge on any atom is 0.310 e. The summed E-state index contributed by atoms with van der Waals surface area (Å²) >= 11 is 0. The van der Waals surface area contributed by atoms with Crippen LogP contribution in [0, 0.1) is 22.7 Å². The number of nitrogens with zero attached hydrogens (tertiary/aromatic N) is 1. The van der Waals surface area contributed by atoms with Crippen molar-refractivity contribution in [3.8, 4) is 0 Å². The van der Waals surface area contributed by atoms with Gasteiger partial charge in [-0.15, -0.1) is 0 Å². The number of carbonyl (C=O) groups excluding carboxylic acids is 2. The summed E-state index contributed by atoms with van der Waals surface area (Å²) in [5, 5.41) is 13.3. The van der Waals surface area contributed by atoms with Crippen LogP contribution in [0.3, 0.4) is 0 Å². The number of benzene rings is 1. The van der Waals surface area contributed by atoms with E-state index >= 15 is 0 Å². The van der Waals surface area contributed by atoms with Crippen LogP contribution >= 0.6 is 0 Å². The number of aliphatic carboxylic acids is 1. The first kappa shape index (κ1) is 25.7. The van der Waals surface area contributed by atoms with Gasteiger partial charge in [-0.3, -0.25) is 14.4 Å². The lowest BCUT2D eigenvalue weighted by molar-refractivity contribution is -0.285. The molecule has 1 heterocycles. The predicted molar refractivity (Wildman–Crippen MR) is 136 cm³/mol. The fraction of sp³-hybridized carbons (Fsp3) is 0.690. The second-order valence-electron chi connectivity index (χ2n) is 11.6. The van der Waals surface area contributed by atoms with Gasteiger partial charge in [0.1, 0.15) is 0 Å². The van der Waals surface area contributed by atoms with Gasteiger partial charge in [0.05, 0.1) is 23.4 Å². The zero-order valence-electron chi connectivity index (χ0n) is 21.8. The Balaban J connectivity index is 1.58. The molecule has 3 atom stereocenters. The van der Waals surface area contributed by atoms with Gasteiger partial charge in [0, 0.05) is 6.54 Å². The highest BCUT2D eigenvalue weighted by atomic mass is 16.4. The Labute approximate surface area is 209 Å². The molecule has 2 amide bonds. The van der Waals surface area contributed by atoms with Crippen molar-refractivity contribution in [3.63, 3.8) is 0 Å². The summed E-state index contributed by atoms with van der Waals surface area (Å²) in [6.45, 7) is 8.92. The predicted octanol–water partition coefficient (Wildman–Crippen LogP) is 5.29. The molecule has 4 aliphatic rings. The van der Waals surface area contributed by atoms with E-state index in [1.807, 2.05) is 18.2 Å². The molecule has 0 radical (unpaired) electrons. The molecule has 1 aromatic carbocycles. The number of amides is 2. The van der Waals surface area contributed by atoms with Crippen LogP contribution in [0.1, 0.15) is 102 Å². The van der Waals surface area contributed by atoms with Crippen molar-refractivity contribution in [1.82, 2.24) is 10.2 Å². The van der Waals surface area contributed by atoms with Crippen LogP contribution in [-0.4, -0.2) is 40.9 Å². The van der Waals surface area contributed by atoms with Gasteiger partial charge in [-0.25, -0.2) is 0 Å². The summed E-state index contributed by atoms with van der Waals surface area (Å²) < 4.78 is 0. The third-order valence-corrected chi connectivity index (χ3v) is 9.26. The Morgan fingerprint density at radius 2 is 1.80 bits per heavy atom. The minimum Gasteiger partial charge on any atom is -0.481 e. The fourth-order valence-corrected chi connectivity index (χ4v) is 7.36. The van der Waals surface area contributed by atoms with Crippen molar-refractivity contribution in [2.45, 2.75) is 91.0 Å². The molecule has 2 N–H and O–H groups in total. The summed E-state index contributed by atoms with van der Waals surface area (Å²) in [7, 11) is 0. The van der Waals surface area contributed by atoms with Crippen LogP contribution in [0.2, 0.25) is 0 Å². The molecule has 1 aromatic rings. The van der Waals surface area contributed by atoms with E-state index in [0.717, 1.165) is 30.4 Å². The molecule has 6 nitrogen and oxygen atoms in total. The minimum atomic E-state index is -0.961. The van der Waals surface area contributed by atoms with E-state index in [2.05, 4.69) is 39.1 Å². The van der Waals surface area contributed by atoms with E-state index in [-0.39, 0.29) is 36.2 Å². The van der Waals surface area contributed by atoms with Crippen LogP contribution in [-0.2, 0) is 14.4 Å². The molecule has 35 heavy (non-hydrogen) atoms. The van der Waals surface area contributed by atoms with E-state index in [0.29, 0.717) is 25.3 Å². The third kappa shape index (κ3) is 4.07. The lowest BCUT2D eigenvalue weighted by Gasteiger charge is -2.75. The smallest absolute Gasteiger partial charge is 0.310 e. The standard InChI is InChI=1S/C29H42N2O4/c1-5-6-7-8-9-12-20(4)29(21-15-28(29,16-21)27(34)35)26(33)31-17-24(30-25(32)18-31)23-14-11-10-13-22(23)19(2)3/h10-11,13-14,19-21,24H,5-9,12,15-18H2,1-4H3,(H,30,32)(H,34,35). The van der Waals surface area contributed by atoms with Gasteiger partial charge in [-0.2, -0.15) is 0 Å². The molecular formula is C29H42N2O4. The second kappa shape index (κ2) is 9.94. The fourth-order valence-electron chi connectivity index (χ4n) is 7.36. The SMILES string of the molecule is CCCCCCCC(C)C1(C(=O)N2CC(=O)NC(c3ccccc3C(C)C)C2)C2CC1(C(=O)O)C2. The van der Waals surface area contributed by atoms with Crippen molar-refractivity contribution in [2.75, 3.05) is 13.1 Å². The summed E-state index contributed by atoms with van der Waals surface area (Å²) in [5.74, 6) is -0.717. The first-order chi connectivity index (χ1) is 16.7. The Morgan fingerprint density at radius 3 is 2.40 bits per heavy atom. The lowest BCUT2D eigenvalue weighted by Crippen LogP contribution is -2.80. The molecule has 4 fully saturated rings. The summed E-state index contributed by atoms with van der Waals surface area (Å²) in [6, 6.07) is 7.80. The van der Waals surface area contributed by atoms with E-state index in [1.54, 1.807) is 4.90 Å². The summed E-state index contributed by atoms with van der Waals surface area (Å²) in [4.78, 5) is 41.2. The van der Waals surface area contributed by atoms with Crippen molar-refractivity contribution in [1.29, 1.82) is 0 Å². The van der Waals surface area contributed by atoms with E-state index in [1.165, 1.54) is 19.3 Å². The quantitative estimate of drug-likeness (QED) is 0.420. The highest BCUT2D eigenvalue weighted by Gasteiger charge is 2.84. The molecule has 6 heteroatoms. The summed E-state index contributed by atoms with van der Waals surface area (Å²) in [5.41, 5.74) is 0.369. The van der Waals surface area contributed by atoms with Gasteiger partial charge in [-0.1, -0.05) is 84.1 Å². The molecule has 5 rings (SSSR count). The van der Waals surface area contributed by atoms with E-state index in [4.69, 9.17) is 0 Å². The molecule has 0 aromatic heterocycles. The number of rotatable bonds is 11. The zero-order valence-corrected chi connectivity index (χ0v) is 21.8. The van der Waals surface area contributed by atoms with E-state index in [9.17, 15) is 19.5 Å². The maximum atomic E-state index is 14.3. The molecule has 192 valence electrons. The number of unbranched alkanes of at least 4 members (excludes halogenated alkanes) is 4. The number of carbonyl (C=O) groups is 3. The van der Waals surface area contributed by atoms with E-state index < -0.39 is 16.8 Å². The molecule has 0 spiro atoms. The first-order valence-corrected chi connectivity index (χ1v) is 13.6. The number of carboxylic acids is 1. The number of piperazine rings is 1. The highest BCUT2D eigenvalue weighted by Crippen LogP contribution is 2.80. The van der Waals surface area contributed by atoms with Gasteiger partial charge in [0.15, 0.2) is 0 Å². The average Bonchev–Trinajstić information content (AvgIpc) is 2.76. The average molecular weight is 483 g/mol. The van der Waals surface area contributed by atoms with Crippen LogP contribution in [0.5, 0.6) is 0 Å². The largest absolute Gasteiger partial charge is 0.481 e. The minimum absolute atomic E-state index is 0.00652. The molecule has 1 aliphatic heterocycles. The second-order valence-corrected chi connectivity index (χ2v) is 11.6. The topological polar surface area (TPSA) is 86.7 Å². The monoisotopic (exact) mass is 482 g/mol. The Kier molecular flexibility index (Phi) is 7.31. The van der Waals surface area contributed by atoms with Crippen molar-refractivity contribution >= 4 is 17.8 Å². The molecule has 3 aliphatic carbocycles. The molecule has 3 saturated carbocycles. The summed E-state index contributed by atoms with van der Waals surface area (Å²) in [6.07, 6.45) is 7.75. The number of carboxylic acid groups (broad SMARTS) is 1. The van der Waals surface area contributed by atoms with Crippen LogP contribution in [0.25, 0.3) is 0 Å². The number of hydrogen-bond acceptors (Lipinski definition) is 3. The van der Waals surface area contributed by atoms with Gasteiger partial charge >= 0.3 is 5.97 Å². The third-order valence-electron chi connectivity index (χ3n) is 9.26. The molecule has 2 bridgehead atoms. The van der Waals surface area contributed by atoms with Gasteiger partial charge in [-0.05, 0) is 48.1 Å². The molecule has 3 unspecified atom stereocenters. The highest BCUT2D eigenvalue weighted by molar-refractivity contribution is 5.98. The van der Waals surface area contributed by atoms with Crippen molar-refractivity contribution in [3.05, 3.63) is 35.4 Å². The Bertz CT molecular complexity index is 967. The first-order valence-electron chi connectivity index (χ1n) is 13.6. The van der Waals surface area contributed by atoms with Crippen molar-refractivity contribution < 1.29 is 19.5 Å². The number of nitrogens with one attached hydrogen (secondary N) is 1. The van der Waals surface area contributed by atoms with Crippen LogP contribution in [0.4, 0.5) is 0 Å². The number of hydrogen-bond donors (Lipinski definition) is 2. The lowest BCUT2D eigenvalue weighted by atomic mass is 9.26. The molecular weight excluding hydrogens is 440 g/mol. The Hall–Kier alpha value is -2.37. The maximum absolute atomic E-state index is 14.3. The van der Waals surface area contributed by atoms with Gasteiger partial charge < -0.3 is 15.3 Å². The van der Waals surface area contributed by atoms with Crippen molar-refractivity contribution in [2.24, 2.45) is 22.7 Å². The van der Waals surface area contributed by atoms with Gasteiger partial charge in [0.2, 0.25) is 11.8 Å². The van der Waals surface area contributed by atoms with Gasteiger partial charge in [0.25, 0.3) is 0 Å². The zero-order chi connectivity index (χ0) is 25.4. The normalized spacial score (nSPS) is 30.3.